The number of aryl methyl sites for hydroxylation is 1. The molecule has 0 spiro atoms. The topological polar surface area (TPSA) is 37.3 Å². The maximum absolute atomic E-state index is 13.2. The first-order valence-electron chi connectivity index (χ1n) is 4.59. The van der Waals surface area contributed by atoms with E-state index in [2.05, 4.69) is 15.9 Å². The van der Waals surface area contributed by atoms with Crippen LogP contribution in [-0.4, -0.2) is 11.1 Å². The minimum Gasteiger partial charge on any atom is -0.481 e. The minimum atomic E-state index is -0.840. The highest BCUT2D eigenvalue weighted by molar-refractivity contribution is 9.10. The van der Waals surface area contributed by atoms with E-state index in [1.807, 2.05) is 0 Å². The quantitative estimate of drug-likeness (QED) is 0.920. The lowest BCUT2D eigenvalue weighted by Crippen LogP contribution is -2.12. The molecule has 0 aliphatic heterocycles. The van der Waals surface area contributed by atoms with Gasteiger partial charge in [-0.1, -0.05) is 13.0 Å². The fourth-order valence-corrected chi connectivity index (χ4v) is 1.96. The van der Waals surface area contributed by atoms with E-state index in [1.165, 1.54) is 0 Å². The molecule has 0 aliphatic carbocycles. The van der Waals surface area contributed by atoms with E-state index in [9.17, 15) is 9.18 Å². The lowest BCUT2D eigenvalue weighted by Gasteiger charge is -2.08. The molecule has 0 aromatic heterocycles. The van der Waals surface area contributed by atoms with Gasteiger partial charge in [-0.2, -0.15) is 0 Å². The lowest BCUT2D eigenvalue weighted by molar-refractivity contribution is -0.141. The number of aliphatic carboxylic acids is 1. The van der Waals surface area contributed by atoms with Crippen molar-refractivity contribution < 1.29 is 14.3 Å². The average molecular weight is 275 g/mol. The van der Waals surface area contributed by atoms with Crippen molar-refractivity contribution in [1.29, 1.82) is 0 Å². The largest absolute Gasteiger partial charge is 0.481 e. The van der Waals surface area contributed by atoms with E-state index in [4.69, 9.17) is 5.11 Å². The molecule has 0 radical (unpaired) electrons. The number of halogens is 2. The van der Waals surface area contributed by atoms with E-state index in [0.29, 0.717) is 16.5 Å². The number of benzene rings is 1. The Morgan fingerprint density at radius 1 is 1.60 bits per heavy atom. The molecule has 1 atom stereocenters. The highest BCUT2D eigenvalue weighted by Crippen LogP contribution is 2.22. The number of carbonyl (C=O) groups is 1. The van der Waals surface area contributed by atoms with Gasteiger partial charge in [0.2, 0.25) is 0 Å². The molecule has 0 saturated carbocycles. The molecular formula is C11H12BrFO2. The van der Waals surface area contributed by atoms with Crippen LogP contribution in [0.4, 0.5) is 4.39 Å². The molecule has 0 fully saturated rings. The zero-order valence-corrected chi connectivity index (χ0v) is 10.1. The van der Waals surface area contributed by atoms with E-state index in [0.717, 1.165) is 5.56 Å². The second-order valence-electron chi connectivity index (χ2n) is 3.65. The molecule has 15 heavy (non-hydrogen) atoms. The van der Waals surface area contributed by atoms with Gasteiger partial charge in [-0.15, -0.1) is 0 Å². The van der Waals surface area contributed by atoms with Gasteiger partial charge in [0.05, 0.1) is 10.4 Å². The first-order valence-corrected chi connectivity index (χ1v) is 5.38. The lowest BCUT2D eigenvalue weighted by atomic mass is 10.00. The van der Waals surface area contributed by atoms with Crippen molar-refractivity contribution in [2.75, 3.05) is 0 Å². The van der Waals surface area contributed by atoms with Crippen molar-refractivity contribution in [1.82, 2.24) is 0 Å². The Bertz CT molecular complexity index is 367. The maximum Gasteiger partial charge on any atom is 0.306 e. The molecule has 0 bridgehead atoms. The van der Waals surface area contributed by atoms with Crippen molar-refractivity contribution in [2.45, 2.75) is 20.3 Å². The van der Waals surface area contributed by atoms with Crippen LogP contribution in [-0.2, 0) is 11.2 Å². The number of hydrogen-bond donors (Lipinski definition) is 1. The van der Waals surface area contributed by atoms with E-state index < -0.39 is 11.9 Å². The van der Waals surface area contributed by atoms with Crippen LogP contribution in [0.5, 0.6) is 0 Å². The standard InChI is InChI=1S/C11H12BrFO2/c1-6-3-8(4-7(2)11(14)15)5-9(12)10(6)13/h3,5,7H,4H2,1-2H3,(H,14,15). The van der Waals surface area contributed by atoms with Crippen LogP contribution in [0.25, 0.3) is 0 Å². The van der Waals surface area contributed by atoms with Crippen molar-refractivity contribution in [3.05, 3.63) is 33.5 Å². The van der Waals surface area contributed by atoms with Crippen molar-refractivity contribution in [3.8, 4) is 0 Å². The van der Waals surface area contributed by atoms with Crippen LogP contribution in [0.2, 0.25) is 0 Å². The second kappa shape index (κ2) is 4.75. The molecule has 1 unspecified atom stereocenters. The van der Waals surface area contributed by atoms with E-state index in [1.54, 1.807) is 26.0 Å². The fourth-order valence-electron chi connectivity index (χ4n) is 1.36. The van der Waals surface area contributed by atoms with E-state index >= 15 is 0 Å². The molecule has 0 amide bonds. The second-order valence-corrected chi connectivity index (χ2v) is 4.51. The predicted molar refractivity (Wildman–Crippen MR) is 59.3 cm³/mol. The molecule has 1 aromatic carbocycles. The summed E-state index contributed by atoms with van der Waals surface area (Å²) in [6, 6.07) is 3.31. The summed E-state index contributed by atoms with van der Waals surface area (Å²) in [5.74, 6) is -1.59. The molecule has 4 heteroatoms. The Morgan fingerprint density at radius 3 is 2.67 bits per heavy atom. The Kier molecular flexibility index (Phi) is 3.85. The Labute approximate surface area is 96.2 Å². The van der Waals surface area contributed by atoms with E-state index in [-0.39, 0.29) is 5.82 Å². The van der Waals surface area contributed by atoms with Gasteiger partial charge in [-0.25, -0.2) is 4.39 Å². The molecule has 1 rings (SSSR count). The molecular weight excluding hydrogens is 263 g/mol. The Hall–Kier alpha value is -0.900. The summed E-state index contributed by atoms with van der Waals surface area (Å²) >= 11 is 3.10. The molecule has 0 aliphatic rings. The maximum atomic E-state index is 13.2. The number of carboxylic acids is 1. The SMILES string of the molecule is Cc1cc(CC(C)C(=O)O)cc(Br)c1F. The van der Waals surface area contributed by atoms with Crippen molar-refractivity contribution in [3.63, 3.8) is 0 Å². The highest BCUT2D eigenvalue weighted by atomic mass is 79.9. The third kappa shape index (κ3) is 3.02. The third-order valence-electron chi connectivity index (χ3n) is 2.23. The smallest absolute Gasteiger partial charge is 0.306 e. The summed E-state index contributed by atoms with van der Waals surface area (Å²) < 4.78 is 13.6. The van der Waals surface area contributed by atoms with Crippen molar-refractivity contribution in [2.24, 2.45) is 5.92 Å². The minimum absolute atomic E-state index is 0.290. The monoisotopic (exact) mass is 274 g/mol. The predicted octanol–water partition coefficient (Wildman–Crippen LogP) is 3.16. The molecule has 1 N–H and O–H groups in total. The summed E-state index contributed by atoms with van der Waals surface area (Å²) in [4.78, 5) is 10.7. The summed E-state index contributed by atoms with van der Waals surface area (Å²) in [7, 11) is 0. The van der Waals surface area contributed by atoms with Gasteiger partial charge in [0.1, 0.15) is 5.82 Å². The number of carboxylic acid groups (broad SMARTS) is 1. The fraction of sp³-hybridized carbons (Fsp3) is 0.364. The zero-order chi connectivity index (χ0) is 11.6. The number of rotatable bonds is 3. The van der Waals surface area contributed by atoms with Crippen LogP contribution in [0.15, 0.2) is 16.6 Å². The van der Waals surface area contributed by atoms with Gasteiger partial charge >= 0.3 is 5.97 Å². The normalized spacial score (nSPS) is 12.5. The van der Waals surface area contributed by atoms with Gasteiger partial charge in [0, 0.05) is 0 Å². The third-order valence-corrected chi connectivity index (χ3v) is 2.81. The van der Waals surface area contributed by atoms with Crippen LogP contribution < -0.4 is 0 Å². The highest BCUT2D eigenvalue weighted by Gasteiger charge is 2.13. The van der Waals surface area contributed by atoms with Crippen LogP contribution in [0.1, 0.15) is 18.1 Å². The Balaban J connectivity index is 2.92. The van der Waals surface area contributed by atoms with Crippen LogP contribution in [0.3, 0.4) is 0 Å². The van der Waals surface area contributed by atoms with Gasteiger partial charge in [0.25, 0.3) is 0 Å². The number of hydrogen-bond acceptors (Lipinski definition) is 1. The van der Waals surface area contributed by atoms with Gasteiger partial charge < -0.3 is 5.11 Å². The first kappa shape index (κ1) is 12.2. The summed E-state index contributed by atoms with van der Waals surface area (Å²) in [6.07, 6.45) is 0.412. The molecule has 82 valence electrons. The van der Waals surface area contributed by atoms with Gasteiger partial charge in [-0.3, -0.25) is 4.79 Å². The van der Waals surface area contributed by atoms with Gasteiger partial charge in [-0.05, 0) is 46.5 Å². The zero-order valence-electron chi connectivity index (χ0n) is 8.55. The summed E-state index contributed by atoms with van der Waals surface area (Å²) in [5, 5.41) is 8.75. The van der Waals surface area contributed by atoms with Crippen LogP contribution in [0, 0.1) is 18.7 Å². The van der Waals surface area contributed by atoms with Crippen LogP contribution >= 0.6 is 15.9 Å². The molecule has 1 aromatic rings. The summed E-state index contributed by atoms with van der Waals surface area (Å²) in [6.45, 7) is 3.30. The van der Waals surface area contributed by atoms with Gasteiger partial charge in [0.15, 0.2) is 0 Å². The first-order chi connectivity index (χ1) is 6.91. The summed E-state index contributed by atoms with van der Waals surface area (Å²) in [5.41, 5.74) is 1.35. The Morgan fingerprint density at radius 2 is 2.20 bits per heavy atom. The molecule has 2 nitrogen and oxygen atoms in total. The van der Waals surface area contributed by atoms with Crippen molar-refractivity contribution >= 4 is 21.9 Å². The average Bonchev–Trinajstić information content (AvgIpc) is 2.13. The molecule has 0 saturated heterocycles. The molecule has 0 heterocycles.